The van der Waals surface area contributed by atoms with E-state index in [-0.39, 0.29) is 29.7 Å². The molecule has 0 spiro atoms. The number of hydrogen-bond acceptors (Lipinski definition) is 4. The van der Waals surface area contributed by atoms with Crippen molar-refractivity contribution in [3.8, 4) is 0 Å². The van der Waals surface area contributed by atoms with E-state index in [9.17, 15) is 18.0 Å². The summed E-state index contributed by atoms with van der Waals surface area (Å²) in [5.74, 6) is -0.744. The van der Waals surface area contributed by atoms with Crippen molar-refractivity contribution in [1.29, 1.82) is 0 Å². The van der Waals surface area contributed by atoms with Crippen LogP contribution in [0.1, 0.15) is 25.3 Å². The number of amides is 2. The maximum Gasteiger partial charge on any atom is 0.227 e. The average molecular weight is 429 g/mol. The summed E-state index contributed by atoms with van der Waals surface area (Å²) in [6, 6.07) is 5.64. The second-order valence-corrected chi connectivity index (χ2v) is 10.3. The second kappa shape index (κ2) is 6.39. The maximum atomic E-state index is 12.6. The lowest BCUT2D eigenvalue weighted by molar-refractivity contribution is -0.127. The topological polar surface area (TPSA) is 83.6 Å². The van der Waals surface area contributed by atoms with Gasteiger partial charge in [0.1, 0.15) is 0 Å². The van der Waals surface area contributed by atoms with Gasteiger partial charge in [-0.25, -0.2) is 8.42 Å². The summed E-state index contributed by atoms with van der Waals surface area (Å²) in [5, 5.41) is 2.86. The predicted octanol–water partition coefficient (Wildman–Crippen LogP) is 1.80. The lowest BCUT2D eigenvalue weighted by Crippen LogP contribution is -2.49. The first-order valence-corrected chi connectivity index (χ1v) is 10.8. The largest absolute Gasteiger partial charge is 0.350 e. The number of halogens is 1. The van der Waals surface area contributed by atoms with Crippen LogP contribution in [-0.2, 0) is 19.4 Å². The van der Waals surface area contributed by atoms with Crippen LogP contribution in [0.15, 0.2) is 22.7 Å². The van der Waals surface area contributed by atoms with E-state index in [1.807, 2.05) is 25.1 Å². The lowest BCUT2D eigenvalue weighted by Gasteiger charge is -2.25. The van der Waals surface area contributed by atoms with Crippen molar-refractivity contribution >= 4 is 43.3 Å². The Morgan fingerprint density at radius 3 is 2.72 bits per heavy atom. The highest BCUT2D eigenvalue weighted by Gasteiger charge is 2.42. The number of anilines is 1. The van der Waals surface area contributed by atoms with Gasteiger partial charge < -0.3 is 10.2 Å². The summed E-state index contributed by atoms with van der Waals surface area (Å²) in [4.78, 5) is 26.5. The molecule has 2 saturated heterocycles. The molecule has 0 aromatic heterocycles. The molecule has 0 saturated carbocycles. The fourth-order valence-electron chi connectivity index (χ4n) is 3.44. The third kappa shape index (κ3) is 3.89. The van der Waals surface area contributed by atoms with Gasteiger partial charge in [-0.05, 0) is 44.0 Å². The number of aryl methyl sites for hydroxylation is 1. The van der Waals surface area contributed by atoms with Crippen molar-refractivity contribution in [2.24, 2.45) is 5.92 Å². The molecule has 0 aliphatic carbocycles. The third-order valence-corrected chi connectivity index (χ3v) is 7.67. The van der Waals surface area contributed by atoms with Crippen LogP contribution >= 0.6 is 15.9 Å². The van der Waals surface area contributed by atoms with E-state index in [0.29, 0.717) is 13.0 Å². The number of hydrogen-bond donors (Lipinski definition) is 1. The molecule has 0 radical (unpaired) electrons. The molecule has 1 N–H and O–H groups in total. The van der Waals surface area contributed by atoms with Crippen molar-refractivity contribution in [2.75, 3.05) is 23.0 Å². The smallest absolute Gasteiger partial charge is 0.227 e. The van der Waals surface area contributed by atoms with Crippen LogP contribution in [0.5, 0.6) is 0 Å². The molecule has 0 bridgehead atoms. The molecule has 2 aliphatic heterocycles. The molecular formula is C17H21BrN2O4S. The van der Waals surface area contributed by atoms with Crippen LogP contribution in [0.25, 0.3) is 0 Å². The standard InChI is InChI=1S/C17H21BrN2O4S/c1-11-7-13(3-4-14(11)18)20-9-12(8-15(20)21)16(22)19-17(2)5-6-25(23,24)10-17/h3-4,7,12H,5-6,8-10H2,1-2H3,(H,19,22)/t12-,17-/m0/s1. The Labute approximate surface area is 156 Å². The number of rotatable bonds is 3. The van der Waals surface area contributed by atoms with Crippen LogP contribution in [0, 0.1) is 12.8 Å². The Hall–Kier alpha value is -1.41. The van der Waals surface area contributed by atoms with Gasteiger partial charge in [0.2, 0.25) is 11.8 Å². The second-order valence-electron chi connectivity index (χ2n) is 7.23. The van der Waals surface area contributed by atoms with E-state index in [4.69, 9.17) is 0 Å². The Bertz CT molecular complexity index is 839. The van der Waals surface area contributed by atoms with Crippen molar-refractivity contribution < 1.29 is 18.0 Å². The number of sulfone groups is 1. The van der Waals surface area contributed by atoms with Crippen LogP contribution in [0.3, 0.4) is 0 Å². The SMILES string of the molecule is Cc1cc(N2C[C@@H](C(=O)N[C@@]3(C)CCS(=O)(=O)C3)CC2=O)ccc1Br. The first-order valence-electron chi connectivity index (χ1n) is 8.18. The van der Waals surface area contributed by atoms with E-state index in [1.165, 1.54) is 0 Å². The molecule has 25 heavy (non-hydrogen) atoms. The quantitative estimate of drug-likeness (QED) is 0.795. The van der Waals surface area contributed by atoms with Crippen LogP contribution in [0.4, 0.5) is 5.69 Å². The number of benzene rings is 1. The van der Waals surface area contributed by atoms with E-state index in [1.54, 1.807) is 11.8 Å². The average Bonchev–Trinajstić information content (AvgIpc) is 3.02. The highest BCUT2D eigenvalue weighted by molar-refractivity contribution is 9.10. The zero-order valence-electron chi connectivity index (χ0n) is 14.2. The van der Waals surface area contributed by atoms with Gasteiger partial charge in [-0.3, -0.25) is 9.59 Å². The Balaban J connectivity index is 1.70. The molecule has 6 nitrogen and oxygen atoms in total. The summed E-state index contributed by atoms with van der Waals surface area (Å²) in [5.41, 5.74) is 1.05. The maximum absolute atomic E-state index is 12.6. The van der Waals surface area contributed by atoms with Gasteiger partial charge >= 0.3 is 0 Å². The zero-order valence-corrected chi connectivity index (χ0v) is 16.6. The first kappa shape index (κ1) is 18.4. The minimum Gasteiger partial charge on any atom is -0.350 e. The van der Waals surface area contributed by atoms with E-state index >= 15 is 0 Å². The van der Waals surface area contributed by atoms with Crippen molar-refractivity contribution in [2.45, 2.75) is 32.2 Å². The van der Waals surface area contributed by atoms with Gasteiger partial charge in [0, 0.05) is 23.1 Å². The first-order chi connectivity index (χ1) is 11.6. The molecular weight excluding hydrogens is 408 g/mol. The van der Waals surface area contributed by atoms with Crippen molar-refractivity contribution in [1.82, 2.24) is 5.32 Å². The predicted molar refractivity (Wildman–Crippen MR) is 99.2 cm³/mol. The van der Waals surface area contributed by atoms with E-state index in [0.717, 1.165) is 15.7 Å². The van der Waals surface area contributed by atoms with Crippen LogP contribution in [0.2, 0.25) is 0 Å². The van der Waals surface area contributed by atoms with Gasteiger partial charge in [0.15, 0.2) is 9.84 Å². The molecule has 1 aromatic rings. The monoisotopic (exact) mass is 428 g/mol. The van der Waals surface area contributed by atoms with Gasteiger partial charge in [0.25, 0.3) is 0 Å². The molecule has 2 amide bonds. The third-order valence-electron chi connectivity index (χ3n) is 4.88. The Morgan fingerprint density at radius 1 is 1.40 bits per heavy atom. The fraction of sp³-hybridized carbons (Fsp3) is 0.529. The summed E-state index contributed by atoms with van der Waals surface area (Å²) < 4.78 is 24.3. The van der Waals surface area contributed by atoms with Crippen LogP contribution in [-0.4, -0.2) is 43.8 Å². The molecule has 8 heteroatoms. The van der Waals surface area contributed by atoms with Crippen LogP contribution < -0.4 is 10.2 Å². The minimum atomic E-state index is -3.09. The summed E-state index contributed by atoms with van der Waals surface area (Å²) in [6.45, 7) is 4.01. The molecule has 2 heterocycles. The number of carbonyl (C=O) groups is 2. The highest BCUT2D eigenvalue weighted by Crippen LogP contribution is 2.30. The number of nitrogens with zero attached hydrogens (tertiary/aromatic N) is 1. The van der Waals surface area contributed by atoms with E-state index < -0.39 is 21.3 Å². The Kier molecular flexibility index (Phi) is 4.70. The van der Waals surface area contributed by atoms with Gasteiger partial charge in [0.05, 0.1) is 23.0 Å². The number of nitrogens with one attached hydrogen (secondary N) is 1. The zero-order chi connectivity index (χ0) is 18.4. The van der Waals surface area contributed by atoms with E-state index in [2.05, 4.69) is 21.2 Å². The molecule has 2 fully saturated rings. The minimum absolute atomic E-state index is 0.0397. The fourth-order valence-corrected chi connectivity index (χ4v) is 5.78. The molecule has 3 rings (SSSR count). The molecule has 1 aromatic carbocycles. The van der Waals surface area contributed by atoms with Crippen molar-refractivity contribution in [3.05, 3.63) is 28.2 Å². The Morgan fingerprint density at radius 2 is 2.12 bits per heavy atom. The molecule has 136 valence electrons. The van der Waals surface area contributed by atoms with Crippen molar-refractivity contribution in [3.63, 3.8) is 0 Å². The molecule has 2 atom stereocenters. The highest BCUT2D eigenvalue weighted by atomic mass is 79.9. The molecule has 2 aliphatic rings. The summed E-state index contributed by atoms with van der Waals surface area (Å²) in [6.07, 6.45) is 0.557. The normalized spacial score (nSPS) is 28.4. The lowest BCUT2D eigenvalue weighted by atomic mass is 9.99. The van der Waals surface area contributed by atoms with Gasteiger partial charge in [-0.1, -0.05) is 15.9 Å². The summed E-state index contributed by atoms with van der Waals surface area (Å²) >= 11 is 3.44. The van der Waals surface area contributed by atoms with Gasteiger partial charge in [-0.2, -0.15) is 0 Å². The summed E-state index contributed by atoms with van der Waals surface area (Å²) in [7, 11) is -3.09. The molecule has 0 unspecified atom stereocenters. The number of carbonyl (C=O) groups excluding carboxylic acids is 2. The van der Waals surface area contributed by atoms with Gasteiger partial charge in [-0.15, -0.1) is 0 Å².